The van der Waals surface area contributed by atoms with Crippen LogP contribution in [0, 0.1) is 0 Å². The Balaban J connectivity index is 3.26. The molecule has 0 aliphatic carbocycles. The molecule has 0 saturated carbocycles. The summed E-state index contributed by atoms with van der Waals surface area (Å²) in [7, 11) is 1.40. The highest BCUT2D eigenvalue weighted by Gasteiger charge is 2.05. The lowest BCUT2D eigenvalue weighted by molar-refractivity contribution is 0.116. The fourth-order valence-electron chi connectivity index (χ4n) is 0.306. The number of nitrogens with one attached hydrogen (secondary N) is 1. The number of ether oxygens (including phenoxy) is 1. The zero-order chi connectivity index (χ0) is 7.98. The second-order valence-corrected chi connectivity index (χ2v) is 1.68. The Labute approximate surface area is 58.5 Å². The summed E-state index contributed by atoms with van der Waals surface area (Å²) in [5, 5.41) is 2.18. The van der Waals surface area contributed by atoms with Crippen molar-refractivity contribution >= 4 is 6.09 Å². The molecule has 1 unspecified atom stereocenters. The second-order valence-electron chi connectivity index (χ2n) is 1.68. The van der Waals surface area contributed by atoms with Gasteiger partial charge in [0, 0.05) is 13.6 Å². The van der Waals surface area contributed by atoms with Crippen LogP contribution in [0.4, 0.5) is 9.18 Å². The van der Waals surface area contributed by atoms with Gasteiger partial charge in [-0.15, -0.1) is 0 Å². The fraction of sp³-hybridized carbons (Fsp3) is 0.800. The van der Waals surface area contributed by atoms with E-state index in [1.807, 2.05) is 0 Å². The average molecular weight is 150 g/mol. The number of hydrogen-bond acceptors (Lipinski definition) is 3. The van der Waals surface area contributed by atoms with E-state index in [2.05, 4.69) is 10.1 Å². The number of nitrogens with two attached hydrogens (primary N) is 1. The van der Waals surface area contributed by atoms with Gasteiger partial charge < -0.3 is 15.8 Å². The van der Waals surface area contributed by atoms with Gasteiger partial charge in [0.1, 0.15) is 12.8 Å². The molecule has 1 atom stereocenters. The summed E-state index contributed by atoms with van der Waals surface area (Å²) in [5.41, 5.74) is 4.91. The molecule has 0 heterocycles. The Morgan fingerprint density at radius 3 is 2.90 bits per heavy atom. The van der Waals surface area contributed by atoms with Crippen LogP contribution < -0.4 is 11.1 Å². The minimum absolute atomic E-state index is 0.128. The van der Waals surface area contributed by atoms with Gasteiger partial charge in [-0.25, -0.2) is 9.18 Å². The van der Waals surface area contributed by atoms with Gasteiger partial charge in [-0.3, -0.25) is 0 Å². The van der Waals surface area contributed by atoms with Crippen molar-refractivity contribution in [2.45, 2.75) is 6.17 Å². The van der Waals surface area contributed by atoms with Crippen molar-refractivity contribution in [1.29, 1.82) is 0 Å². The molecule has 0 spiro atoms. The third-order valence-electron chi connectivity index (χ3n) is 0.855. The van der Waals surface area contributed by atoms with Crippen molar-refractivity contribution in [3.05, 3.63) is 0 Å². The number of carbonyl (C=O) groups is 1. The molecule has 60 valence electrons. The van der Waals surface area contributed by atoms with Crippen LogP contribution in [0.25, 0.3) is 0 Å². The molecule has 0 aromatic heterocycles. The summed E-state index contributed by atoms with van der Waals surface area (Å²) in [5.74, 6) is 0. The third-order valence-corrected chi connectivity index (χ3v) is 0.855. The minimum atomic E-state index is -1.27. The van der Waals surface area contributed by atoms with Crippen molar-refractivity contribution in [2.24, 2.45) is 5.73 Å². The molecule has 0 bridgehead atoms. The Morgan fingerprint density at radius 2 is 2.50 bits per heavy atom. The first-order valence-corrected chi connectivity index (χ1v) is 2.89. The summed E-state index contributed by atoms with van der Waals surface area (Å²) in [6.07, 6.45) is -1.91. The van der Waals surface area contributed by atoms with E-state index in [0.29, 0.717) is 0 Å². The highest BCUT2D eigenvalue weighted by atomic mass is 19.1. The van der Waals surface area contributed by atoms with E-state index in [-0.39, 0.29) is 13.2 Å². The maximum absolute atomic E-state index is 12.2. The van der Waals surface area contributed by atoms with E-state index in [4.69, 9.17) is 5.73 Å². The molecule has 0 rings (SSSR count). The molecule has 10 heavy (non-hydrogen) atoms. The molecule has 4 nitrogen and oxygen atoms in total. The topological polar surface area (TPSA) is 64.3 Å². The Hall–Kier alpha value is -0.840. The van der Waals surface area contributed by atoms with Crippen molar-refractivity contribution in [1.82, 2.24) is 5.32 Å². The first-order valence-electron chi connectivity index (χ1n) is 2.89. The quantitative estimate of drug-likeness (QED) is 0.577. The SMILES string of the molecule is CNC(=O)OCC(F)CN. The number of alkyl halides is 1. The number of alkyl carbamates (subject to hydrolysis) is 1. The van der Waals surface area contributed by atoms with Gasteiger partial charge in [-0.05, 0) is 0 Å². The van der Waals surface area contributed by atoms with Crippen LogP contribution in [-0.4, -0.2) is 32.5 Å². The molecular formula is C5H11FN2O2. The molecule has 5 heteroatoms. The minimum Gasteiger partial charge on any atom is -0.446 e. The van der Waals surface area contributed by atoms with Crippen molar-refractivity contribution in [3.8, 4) is 0 Å². The zero-order valence-corrected chi connectivity index (χ0v) is 5.76. The Bertz CT molecular complexity index is 110. The summed E-state index contributed by atoms with van der Waals surface area (Å²) in [6, 6.07) is 0. The van der Waals surface area contributed by atoms with Gasteiger partial charge in [0.05, 0.1) is 0 Å². The Morgan fingerprint density at radius 1 is 1.90 bits per heavy atom. The van der Waals surface area contributed by atoms with E-state index in [1.54, 1.807) is 0 Å². The van der Waals surface area contributed by atoms with Gasteiger partial charge in [-0.1, -0.05) is 0 Å². The third kappa shape index (κ3) is 4.08. The van der Waals surface area contributed by atoms with Crippen LogP contribution in [0.5, 0.6) is 0 Å². The lowest BCUT2D eigenvalue weighted by atomic mass is 10.4. The summed E-state index contributed by atoms with van der Waals surface area (Å²) in [4.78, 5) is 10.3. The van der Waals surface area contributed by atoms with Gasteiger partial charge >= 0.3 is 6.09 Å². The second kappa shape index (κ2) is 4.99. The fourth-order valence-corrected chi connectivity index (χ4v) is 0.306. The van der Waals surface area contributed by atoms with Gasteiger partial charge in [-0.2, -0.15) is 0 Å². The molecule has 3 N–H and O–H groups in total. The first kappa shape index (κ1) is 9.16. The van der Waals surface area contributed by atoms with Crippen LogP contribution in [0.3, 0.4) is 0 Å². The molecule has 0 aromatic rings. The smallest absolute Gasteiger partial charge is 0.406 e. The molecule has 0 aromatic carbocycles. The van der Waals surface area contributed by atoms with Crippen LogP contribution in [0.15, 0.2) is 0 Å². The standard InChI is InChI=1S/C5H11FN2O2/c1-8-5(9)10-3-4(6)2-7/h4H,2-3,7H2,1H3,(H,8,9). The van der Waals surface area contributed by atoms with Gasteiger partial charge in [0.15, 0.2) is 0 Å². The predicted octanol–water partition coefficient (Wildman–Crippen LogP) is -0.361. The van der Waals surface area contributed by atoms with E-state index >= 15 is 0 Å². The van der Waals surface area contributed by atoms with E-state index in [9.17, 15) is 9.18 Å². The lowest BCUT2D eigenvalue weighted by Crippen LogP contribution is -2.27. The molecule has 0 aliphatic heterocycles. The van der Waals surface area contributed by atoms with E-state index < -0.39 is 12.3 Å². The van der Waals surface area contributed by atoms with Crippen LogP contribution >= 0.6 is 0 Å². The maximum Gasteiger partial charge on any atom is 0.406 e. The molecular weight excluding hydrogens is 139 g/mol. The van der Waals surface area contributed by atoms with Gasteiger partial charge in [0.2, 0.25) is 0 Å². The first-order chi connectivity index (χ1) is 4.70. The number of hydrogen-bond donors (Lipinski definition) is 2. The van der Waals surface area contributed by atoms with E-state index in [0.717, 1.165) is 0 Å². The molecule has 0 radical (unpaired) electrons. The largest absolute Gasteiger partial charge is 0.446 e. The average Bonchev–Trinajstić information content (AvgIpc) is 1.99. The monoisotopic (exact) mass is 150 g/mol. The number of rotatable bonds is 3. The number of halogens is 1. The van der Waals surface area contributed by atoms with Crippen molar-refractivity contribution in [2.75, 3.05) is 20.2 Å². The van der Waals surface area contributed by atoms with Gasteiger partial charge in [0.25, 0.3) is 0 Å². The zero-order valence-electron chi connectivity index (χ0n) is 5.76. The highest BCUT2D eigenvalue weighted by molar-refractivity contribution is 5.66. The predicted molar refractivity (Wildman–Crippen MR) is 34.4 cm³/mol. The lowest BCUT2D eigenvalue weighted by Gasteiger charge is -2.05. The summed E-state index contributed by atoms with van der Waals surface area (Å²) in [6.45, 7) is -0.410. The van der Waals surface area contributed by atoms with Crippen molar-refractivity contribution < 1.29 is 13.9 Å². The number of carbonyl (C=O) groups excluding carboxylic acids is 1. The van der Waals surface area contributed by atoms with Crippen LogP contribution in [0.2, 0.25) is 0 Å². The summed E-state index contributed by atoms with van der Waals surface area (Å²) < 4.78 is 16.5. The molecule has 0 aliphatic rings. The summed E-state index contributed by atoms with van der Waals surface area (Å²) >= 11 is 0. The molecule has 0 saturated heterocycles. The van der Waals surface area contributed by atoms with Crippen LogP contribution in [-0.2, 0) is 4.74 Å². The molecule has 1 amide bonds. The number of amides is 1. The Kier molecular flexibility index (Phi) is 4.57. The molecule has 0 fully saturated rings. The van der Waals surface area contributed by atoms with Crippen LogP contribution in [0.1, 0.15) is 0 Å². The normalized spacial score (nSPS) is 12.3. The van der Waals surface area contributed by atoms with E-state index in [1.165, 1.54) is 7.05 Å². The maximum atomic E-state index is 12.2. The highest BCUT2D eigenvalue weighted by Crippen LogP contribution is 1.88. The van der Waals surface area contributed by atoms with Crippen molar-refractivity contribution in [3.63, 3.8) is 0 Å².